The Morgan fingerprint density at radius 2 is 2.00 bits per heavy atom. The highest BCUT2D eigenvalue weighted by Crippen LogP contribution is 2.09. The number of carbonyl (C=O) groups excluding carboxylic acids is 2. The van der Waals surface area contributed by atoms with Crippen LogP contribution in [0.25, 0.3) is 0 Å². The predicted octanol–water partition coefficient (Wildman–Crippen LogP) is 2.23. The molecule has 0 atom stereocenters. The van der Waals surface area contributed by atoms with Crippen molar-refractivity contribution >= 4 is 29.3 Å². The lowest BCUT2D eigenvalue weighted by Crippen LogP contribution is -2.21. The zero-order valence-electron chi connectivity index (χ0n) is 11.2. The van der Waals surface area contributed by atoms with Crippen LogP contribution in [0.3, 0.4) is 0 Å². The van der Waals surface area contributed by atoms with E-state index in [0.717, 1.165) is 5.69 Å². The Kier molecular flexibility index (Phi) is 4.84. The van der Waals surface area contributed by atoms with Crippen molar-refractivity contribution in [3.63, 3.8) is 0 Å². The van der Waals surface area contributed by atoms with Gasteiger partial charge >= 0.3 is 5.97 Å². The first-order valence-corrected chi connectivity index (χ1v) is 6.43. The maximum absolute atomic E-state index is 11.7. The lowest BCUT2D eigenvalue weighted by atomic mass is 10.2. The molecule has 2 aromatic rings. The summed E-state index contributed by atoms with van der Waals surface area (Å²) in [6.45, 7) is 1.40. The number of carbonyl (C=O) groups is 2. The number of ether oxygens (including phenoxy) is 1. The number of nitrogens with one attached hydrogen (secondary N) is 1. The zero-order chi connectivity index (χ0) is 15.2. The molecule has 0 radical (unpaired) electrons. The van der Waals surface area contributed by atoms with E-state index >= 15 is 0 Å². The number of anilines is 1. The van der Waals surface area contributed by atoms with E-state index in [4.69, 9.17) is 16.3 Å². The Labute approximate surface area is 126 Å². The molecule has 0 unspecified atom stereocenters. The molecule has 7 heteroatoms. The van der Waals surface area contributed by atoms with E-state index in [1.54, 1.807) is 24.3 Å². The van der Waals surface area contributed by atoms with Crippen LogP contribution in [-0.4, -0.2) is 28.5 Å². The molecule has 0 saturated carbocycles. The number of aryl methyl sites for hydroxylation is 1. The number of rotatable bonds is 4. The summed E-state index contributed by atoms with van der Waals surface area (Å²) >= 11 is 5.68. The number of hydrogen-bond acceptors (Lipinski definition) is 5. The fraction of sp³-hybridized carbons (Fsp3) is 0.143. The van der Waals surface area contributed by atoms with E-state index in [2.05, 4.69) is 15.3 Å². The van der Waals surface area contributed by atoms with Gasteiger partial charge in [-0.15, -0.1) is 0 Å². The van der Waals surface area contributed by atoms with Gasteiger partial charge in [0, 0.05) is 18.1 Å². The summed E-state index contributed by atoms with van der Waals surface area (Å²) in [6, 6.07) is 6.41. The average molecular weight is 306 g/mol. The van der Waals surface area contributed by atoms with Crippen LogP contribution in [0.15, 0.2) is 36.7 Å². The van der Waals surface area contributed by atoms with Crippen molar-refractivity contribution in [1.29, 1.82) is 0 Å². The van der Waals surface area contributed by atoms with Crippen molar-refractivity contribution in [1.82, 2.24) is 9.97 Å². The molecule has 0 spiro atoms. The molecule has 1 amide bonds. The summed E-state index contributed by atoms with van der Waals surface area (Å²) in [6.07, 6.45) is 2.80. The molecule has 0 aromatic carbocycles. The van der Waals surface area contributed by atoms with Gasteiger partial charge < -0.3 is 10.1 Å². The van der Waals surface area contributed by atoms with Gasteiger partial charge in [0.05, 0.1) is 10.6 Å². The van der Waals surface area contributed by atoms with Crippen LogP contribution >= 0.6 is 11.6 Å². The van der Waals surface area contributed by atoms with Gasteiger partial charge in [-0.05, 0) is 31.2 Å². The summed E-state index contributed by atoms with van der Waals surface area (Å²) in [5.74, 6) is -0.766. The van der Waals surface area contributed by atoms with Crippen LogP contribution in [0.5, 0.6) is 0 Å². The summed E-state index contributed by atoms with van der Waals surface area (Å²) in [5, 5.41) is 2.95. The SMILES string of the molecule is Cc1ccc(C(=O)OCC(=O)Nc2ccc(Cl)cn2)cn1. The minimum absolute atomic E-state index is 0.290. The third-order valence-electron chi connectivity index (χ3n) is 2.48. The molecule has 0 aliphatic carbocycles. The van der Waals surface area contributed by atoms with Gasteiger partial charge in [0.25, 0.3) is 5.91 Å². The van der Waals surface area contributed by atoms with Crippen molar-refractivity contribution in [2.75, 3.05) is 11.9 Å². The predicted molar refractivity (Wildman–Crippen MR) is 77.1 cm³/mol. The summed E-state index contributed by atoms with van der Waals surface area (Å²) in [4.78, 5) is 31.2. The van der Waals surface area contributed by atoms with Gasteiger partial charge in [0.1, 0.15) is 5.82 Å². The van der Waals surface area contributed by atoms with Gasteiger partial charge in [0.2, 0.25) is 0 Å². The smallest absolute Gasteiger partial charge is 0.340 e. The van der Waals surface area contributed by atoms with Crippen LogP contribution in [0.1, 0.15) is 16.1 Å². The fourth-order valence-corrected chi connectivity index (χ4v) is 1.54. The van der Waals surface area contributed by atoms with Crippen LogP contribution in [0, 0.1) is 6.92 Å². The average Bonchev–Trinajstić information content (AvgIpc) is 2.48. The first kappa shape index (κ1) is 14.9. The van der Waals surface area contributed by atoms with Gasteiger partial charge in [-0.2, -0.15) is 0 Å². The maximum Gasteiger partial charge on any atom is 0.340 e. The number of pyridine rings is 2. The first-order valence-electron chi connectivity index (χ1n) is 6.06. The summed E-state index contributed by atoms with van der Waals surface area (Å²) in [7, 11) is 0. The molecule has 0 fully saturated rings. The van der Waals surface area contributed by atoms with Crippen molar-refractivity contribution < 1.29 is 14.3 Å². The molecule has 0 aliphatic rings. The highest BCUT2D eigenvalue weighted by molar-refractivity contribution is 6.30. The van der Waals surface area contributed by atoms with E-state index in [1.807, 2.05) is 6.92 Å². The van der Waals surface area contributed by atoms with Gasteiger partial charge in [0.15, 0.2) is 6.61 Å². The normalized spacial score (nSPS) is 10.0. The van der Waals surface area contributed by atoms with Gasteiger partial charge in [-0.1, -0.05) is 11.6 Å². The Balaban J connectivity index is 1.84. The fourth-order valence-electron chi connectivity index (χ4n) is 1.43. The number of hydrogen-bond donors (Lipinski definition) is 1. The number of nitrogens with zero attached hydrogens (tertiary/aromatic N) is 2. The molecule has 21 heavy (non-hydrogen) atoms. The van der Waals surface area contributed by atoms with E-state index in [1.165, 1.54) is 12.4 Å². The molecule has 0 aliphatic heterocycles. The van der Waals surface area contributed by atoms with Crippen molar-refractivity contribution in [3.8, 4) is 0 Å². The van der Waals surface area contributed by atoms with Crippen molar-refractivity contribution in [3.05, 3.63) is 52.9 Å². The number of halogens is 1. The number of esters is 1. The van der Waals surface area contributed by atoms with Crippen LogP contribution in [0.2, 0.25) is 5.02 Å². The minimum Gasteiger partial charge on any atom is -0.452 e. The van der Waals surface area contributed by atoms with Crippen LogP contribution in [-0.2, 0) is 9.53 Å². The second-order valence-electron chi connectivity index (χ2n) is 4.17. The number of amides is 1. The standard InChI is InChI=1S/C14H12ClN3O3/c1-9-2-3-10(6-16-9)14(20)21-8-13(19)18-12-5-4-11(15)7-17-12/h2-7H,8H2,1H3,(H,17,18,19). The Morgan fingerprint density at radius 1 is 1.19 bits per heavy atom. The third-order valence-corrected chi connectivity index (χ3v) is 2.70. The van der Waals surface area contributed by atoms with Crippen molar-refractivity contribution in [2.45, 2.75) is 6.92 Å². The van der Waals surface area contributed by atoms with E-state index < -0.39 is 18.5 Å². The van der Waals surface area contributed by atoms with Crippen molar-refractivity contribution in [2.24, 2.45) is 0 Å². The largest absolute Gasteiger partial charge is 0.452 e. The van der Waals surface area contributed by atoms with Gasteiger partial charge in [-0.25, -0.2) is 9.78 Å². The van der Waals surface area contributed by atoms with Crippen LogP contribution < -0.4 is 5.32 Å². The Bertz CT molecular complexity index is 642. The molecule has 6 nitrogen and oxygen atoms in total. The molecular weight excluding hydrogens is 294 g/mol. The highest BCUT2D eigenvalue weighted by Gasteiger charge is 2.10. The molecular formula is C14H12ClN3O3. The second-order valence-corrected chi connectivity index (χ2v) is 4.61. The van der Waals surface area contributed by atoms with Crippen LogP contribution in [0.4, 0.5) is 5.82 Å². The third kappa shape index (κ3) is 4.54. The summed E-state index contributed by atoms with van der Waals surface area (Å²) in [5.41, 5.74) is 1.08. The monoisotopic (exact) mass is 305 g/mol. The minimum atomic E-state index is -0.610. The zero-order valence-corrected chi connectivity index (χ0v) is 11.9. The second kappa shape index (κ2) is 6.81. The lowest BCUT2D eigenvalue weighted by molar-refractivity contribution is -0.119. The van der Waals surface area contributed by atoms with E-state index in [9.17, 15) is 9.59 Å². The maximum atomic E-state index is 11.7. The van der Waals surface area contributed by atoms with Gasteiger partial charge in [-0.3, -0.25) is 9.78 Å². The quantitative estimate of drug-likeness (QED) is 0.876. The molecule has 2 aromatic heterocycles. The lowest BCUT2D eigenvalue weighted by Gasteiger charge is -2.06. The van der Waals surface area contributed by atoms with E-state index in [-0.39, 0.29) is 5.56 Å². The highest BCUT2D eigenvalue weighted by atomic mass is 35.5. The molecule has 2 rings (SSSR count). The number of aromatic nitrogens is 2. The molecule has 1 N–H and O–H groups in total. The molecule has 0 saturated heterocycles. The van der Waals surface area contributed by atoms with E-state index in [0.29, 0.717) is 10.8 Å². The Morgan fingerprint density at radius 3 is 2.62 bits per heavy atom. The molecule has 2 heterocycles. The molecule has 0 bridgehead atoms. The topological polar surface area (TPSA) is 81.2 Å². The molecule has 108 valence electrons. The summed E-state index contributed by atoms with van der Waals surface area (Å²) < 4.78 is 4.88. The first-order chi connectivity index (χ1) is 10.0. The Hall–Kier alpha value is -2.47.